The molecule has 0 unspecified atom stereocenters. The van der Waals surface area contributed by atoms with Crippen molar-refractivity contribution in [1.29, 1.82) is 0 Å². The fraction of sp³-hybridized carbons (Fsp3) is 0.333. The van der Waals surface area contributed by atoms with Crippen LogP contribution in [0.4, 0.5) is 0 Å². The van der Waals surface area contributed by atoms with Crippen LogP contribution in [0.5, 0.6) is 5.75 Å². The summed E-state index contributed by atoms with van der Waals surface area (Å²) in [7, 11) is 0. The van der Waals surface area contributed by atoms with Crippen molar-refractivity contribution >= 4 is 31.9 Å². The van der Waals surface area contributed by atoms with Crippen molar-refractivity contribution in [3.05, 3.63) is 40.6 Å². The van der Waals surface area contributed by atoms with Crippen LogP contribution in [0.15, 0.2) is 34.9 Å². The lowest BCUT2D eigenvalue weighted by Gasteiger charge is -2.05. The highest BCUT2D eigenvalue weighted by Gasteiger charge is 2.00. The summed E-state index contributed by atoms with van der Waals surface area (Å²) >= 11 is 6.76. The molecule has 2 aromatic rings. The molecule has 18 heavy (non-hydrogen) atoms. The molecule has 6 heteroatoms. The first-order valence-electron chi connectivity index (χ1n) is 5.61. The summed E-state index contributed by atoms with van der Waals surface area (Å²) in [6, 6.07) is 7.78. The number of alkyl halides is 1. The molecule has 96 valence electrons. The Balaban J connectivity index is 1.79. The zero-order valence-corrected chi connectivity index (χ0v) is 12.9. The second kappa shape index (κ2) is 6.89. The number of halogens is 2. The van der Waals surface area contributed by atoms with E-state index < -0.39 is 0 Å². The lowest BCUT2D eigenvalue weighted by Crippen LogP contribution is -2.08. The number of aryl methyl sites for hydroxylation is 1. The van der Waals surface area contributed by atoms with Gasteiger partial charge in [-0.3, -0.25) is 0 Å². The smallest absolute Gasteiger partial charge is 0.119 e. The molecule has 0 N–H and O–H groups in total. The third-order valence-electron chi connectivity index (χ3n) is 2.34. The maximum absolute atomic E-state index is 5.62. The number of hydrogen-bond donors (Lipinski definition) is 0. The van der Waals surface area contributed by atoms with Crippen LogP contribution in [0.25, 0.3) is 0 Å². The van der Waals surface area contributed by atoms with Crippen LogP contribution >= 0.6 is 31.9 Å². The van der Waals surface area contributed by atoms with Crippen LogP contribution in [-0.4, -0.2) is 26.9 Å². The number of rotatable bonds is 6. The Bertz CT molecular complexity index is 484. The summed E-state index contributed by atoms with van der Waals surface area (Å²) in [6.07, 6.45) is 2.85. The average Bonchev–Trinajstić information content (AvgIpc) is 2.80. The average molecular weight is 375 g/mol. The van der Waals surface area contributed by atoms with Gasteiger partial charge in [-0.1, -0.05) is 37.1 Å². The maximum Gasteiger partial charge on any atom is 0.119 e. The largest absolute Gasteiger partial charge is 0.492 e. The topological polar surface area (TPSA) is 39.9 Å². The highest BCUT2D eigenvalue weighted by atomic mass is 79.9. The Kier molecular flexibility index (Phi) is 5.19. The van der Waals surface area contributed by atoms with Gasteiger partial charge in [0.15, 0.2) is 0 Å². The van der Waals surface area contributed by atoms with Gasteiger partial charge in [-0.15, -0.1) is 5.10 Å². The molecule has 0 amide bonds. The van der Waals surface area contributed by atoms with E-state index in [1.54, 1.807) is 4.68 Å². The van der Waals surface area contributed by atoms with E-state index in [1.807, 2.05) is 30.5 Å². The molecule has 0 aliphatic rings. The molecule has 2 rings (SSSR count). The monoisotopic (exact) mass is 373 g/mol. The van der Waals surface area contributed by atoms with Crippen molar-refractivity contribution in [2.24, 2.45) is 0 Å². The van der Waals surface area contributed by atoms with Gasteiger partial charge in [-0.05, 0) is 24.3 Å². The standard InChI is InChI=1S/C12H13Br2N3O/c13-6-5-11-9-17(16-15-11)7-8-18-12-3-1-10(14)2-4-12/h1-4,9H,5-8H2. The molecule has 0 atom stereocenters. The molecule has 0 aliphatic carbocycles. The van der Waals surface area contributed by atoms with Gasteiger partial charge < -0.3 is 4.74 Å². The Morgan fingerprint density at radius 2 is 2.00 bits per heavy atom. The van der Waals surface area contributed by atoms with Crippen molar-refractivity contribution in [3.63, 3.8) is 0 Å². The normalized spacial score (nSPS) is 10.6. The summed E-state index contributed by atoms with van der Waals surface area (Å²) < 4.78 is 8.46. The van der Waals surface area contributed by atoms with E-state index in [2.05, 4.69) is 42.2 Å². The molecule has 0 bridgehead atoms. The van der Waals surface area contributed by atoms with Crippen molar-refractivity contribution in [1.82, 2.24) is 15.0 Å². The van der Waals surface area contributed by atoms with Gasteiger partial charge in [0.1, 0.15) is 12.4 Å². The lowest BCUT2D eigenvalue weighted by molar-refractivity contribution is 0.289. The highest BCUT2D eigenvalue weighted by molar-refractivity contribution is 9.10. The van der Waals surface area contributed by atoms with E-state index in [0.717, 1.165) is 27.7 Å². The van der Waals surface area contributed by atoms with Crippen LogP contribution in [0, 0.1) is 0 Å². The Labute approximate surface area is 123 Å². The first kappa shape index (κ1) is 13.5. The molecule has 0 saturated carbocycles. The minimum atomic E-state index is 0.582. The number of benzene rings is 1. The van der Waals surface area contributed by atoms with Crippen LogP contribution in [0.3, 0.4) is 0 Å². The predicted octanol–water partition coefficient (Wildman–Crippen LogP) is 3.06. The van der Waals surface area contributed by atoms with Crippen LogP contribution in [0.1, 0.15) is 5.69 Å². The van der Waals surface area contributed by atoms with Gasteiger partial charge >= 0.3 is 0 Å². The number of aromatic nitrogens is 3. The maximum atomic E-state index is 5.62. The summed E-state index contributed by atoms with van der Waals surface area (Å²) in [5, 5.41) is 9.01. The fourth-order valence-corrected chi connectivity index (χ4v) is 2.12. The molecule has 1 aromatic carbocycles. The third kappa shape index (κ3) is 4.10. The number of hydrogen-bond acceptors (Lipinski definition) is 3. The molecule has 0 radical (unpaired) electrons. The number of ether oxygens (including phenoxy) is 1. The molecule has 0 aliphatic heterocycles. The molecule has 4 nitrogen and oxygen atoms in total. The SMILES string of the molecule is BrCCc1cn(CCOc2ccc(Br)cc2)nn1. The summed E-state index contributed by atoms with van der Waals surface area (Å²) in [5.74, 6) is 0.860. The Morgan fingerprint density at radius 3 is 2.72 bits per heavy atom. The van der Waals surface area contributed by atoms with E-state index in [1.165, 1.54) is 0 Å². The van der Waals surface area contributed by atoms with E-state index in [9.17, 15) is 0 Å². The molecule has 0 spiro atoms. The minimum Gasteiger partial charge on any atom is -0.492 e. The Morgan fingerprint density at radius 1 is 1.22 bits per heavy atom. The second-order valence-corrected chi connectivity index (χ2v) is 5.42. The highest BCUT2D eigenvalue weighted by Crippen LogP contribution is 2.15. The quantitative estimate of drug-likeness (QED) is 0.729. The van der Waals surface area contributed by atoms with Crippen molar-refractivity contribution in [2.45, 2.75) is 13.0 Å². The summed E-state index contributed by atoms with van der Waals surface area (Å²) in [6.45, 7) is 1.28. The van der Waals surface area contributed by atoms with Gasteiger partial charge in [0.05, 0.1) is 12.2 Å². The predicted molar refractivity (Wildman–Crippen MR) is 77.2 cm³/mol. The van der Waals surface area contributed by atoms with Crippen LogP contribution in [-0.2, 0) is 13.0 Å². The van der Waals surface area contributed by atoms with Gasteiger partial charge in [0.2, 0.25) is 0 Å². The van der Waals surface area contributed by atoms with Gasteiger partial charge in [-0.2, -0.15) is 0 Å². The number of nitrogens with zero attached hydrogens (tertiary/aromatic N) is 3. The Hall–Kier alpha value is -0.880. The first-order chi connectivity index (χ1) is 8.78. The lowest BCUT2D eigenvalue weighted by atomic mass is 10.3. The van der Waals surface area contributed by atoms with E-state index >= 15 is 0 Å². The molecule has 1 aromatic heterocycles. The second-order valence-electron chi connectivity index (χ2n) is 3.71. The summed E-state index contributed by atoms with van der Waals surface area (Å²) in [5.41, 5.74) is 0.996. The molecular formula is C12H13Br2N3O. The fourth-order valence-electron chi connectivity index (χ4n) is 1.45. The van der Waals surface area contributed by atoms with Crippen LogP contribution in [0.2, 0.25) is 0 Å². The minimum absolute atomic E-state index is 0.582. The van der Waals surface area contributed by atoms with Crippen LogP contribution < -0.4 is 4.74 Å². The zero-order chi connectivity index (χ0) is 12.8. The van der Waals surface area contributed by atoms with E-state index in [-0.39, 0.29) is 0 Å². The van der Waals surface area contributed by atoms with E-state index in [4.69, 9.17) is 4.74 Å². The van der Waals surface area contributed by atoms with Gasteiger partial charge in [-0.25, -0.2) is 4.68 Å². The van der Waals surface area contributed by atoms with Crippen molar-refractivity contribution < 1.29 is 4.74 Å². The molecule has 0 fully saturated rings. The van der Waals surface area contributed by atoms with Crippen molar-refractivity contribution in [2.75, 3.05) is 11.9 Å². The van der Waals surface area contributed by atoms with Gasteiger partial charge in [0, 0.05) is 22.4 Å². The molecular weight excluding hydrogens is 362 g/mol. The van der Waals surface area contributed by atoms with E-state index in [0.29, 0.717) is 13.2 Å². The zero-order valence-electron chi connectivity index (χ0n) is 9.72. The molecule has 1 heterocycles. The summed E-state index contributed by atoms with van der Waals surface area (Å²) in [4.78, 5) is 0. The molecule has 0 saturated heterocycles. The van der Waals surface area contributed by atoms with Gasteiger partial charge in [0.25, 0.3) is 0 Å². The van der Waals surface area contributed by atoms with Crippen molar-refractivity contribution in [3.8, 4) is 5.75 Å². The third-order valence-corrected chi connectivity index (χ3v) is 3.26. The first-order valence-corrected chi connectivity index (χ1v) is 7.53.